The number of hydrogen-bond acceptors (Lipinski definition) is 4. The van der Waals surface area contributed by atoms with Crippen LogP contribution in [0.25, 0.3) is 5.69 Å². The number of carbonyl (C=O) groups is 1. The van der Waals surface area contributed by atoms with E-state index in [4.69, 9.17) is 0 Å². The number of rotatable bonds is 8. The molecule has 0 atom stereocenters. The van der Waals surface area contributed by atoms with Crippen molar-refractivity contribution in [1.29, 1.82) is 0 Å². The van der Waals surface area contributed by atoms with Gasteiger partial charge in [-0.1, -0.05) is 55.4 Å². The highest BCUT2D eigenvalue weighted by molar-refractivity contribution is 7.99. The Kier molecular flexibility index (Phi) is 7.15. The standard InChI is InChI=1S/C21H21F3N4OS/c1-2-3-13-30-20-27-26-18(28(20)15-9-5-4-6-10-15)14-25-19(29)16-11-7-8-12-17(16)21(22,23)24/h4-12H,2-3,13-14H2,1H3,(H,25,29). The van der Waals surface area contributed by atoms with Crippen molar-refractivity contribution in [2.45, 2.75) is 37.6 Å². The number of benzene rings is 2. The highest BCUT2D eigenvalue weighted by atomic mass is 32.2. The molecule has 9 heteroatoms. The molecule has 0 aliphatic heterocycles. The zero-order chi connectivity index (χ0) is 21.6. The lowest BCUT2D eigenvalue weighted by Gasteiger charge is -2.13. The van der Waals surface area contributed by atoms with Crippen LogP contribution in [0.15, 0.2) is 59.8 Å². The molecule has 0 radical (unpaired) electrons. The summed E-state index contributed by atoms with van der Waals surface area (Å²) in [5.41, 5.74) is -0.572. The zero-order valence-corrected chi connectivity index (χ0v) is 17.1. The van der Waals surface area contributed by atoms with E-state index in [1.807, 2.05) is 34.9 Å². The molecule has 0 bridgehead atoms. The molecule has 0 unspecified atom stereocenters. The van der Waals surface area contributed by atoms with Crippen LogP contribution in [0.2, 0.25) is 0 Å². The van der Waals surface area contributed by atoms with E-state index in [-0.39, 0.29) is 6.54 Å². The van der Waals surface area contributed by atoms with Crippen LogP contribution in [0.3, 0.4) is 0 Å². The second-order valence-corrected chi connectivity index (χ2v) is 7.56. The van der Waals surface area contributed by atoms with Gasteiger partial charge in [0.2, 0.25) is 0 Å². The van der Waals surface area contributed by atoms with Gasteiger partial charge in [0.25, 0.3) is 5.91 Å². The molecule has 0 fully saturated rings. The summed E-state index contributed by atoms with van der Waals surface area (Å²) in [4.78, 5) is 12.5. The number of halogens is 3. The summed E-state index contributed by atoms with van der Waals surface area (Å²) in [6, 6.07) is 14.1. The van der Waals surface area contributed by atoms with Crippen molar-refractivity contribution in [2.75, 3.05) is 5.75 Å². The first-order valence-electron chi connectivity index (χ1n) is 9.48. The molecule has 3 aromatic rings. The van der Waals surface area contributed by atoms with E-state index in [0.29, 0.717) is 11.0 Å². The molecule has 0 saturated heterocycles. The van der Waals surface area contributed by atoms with E-state index in [1.54, 1.807) is 11.8 Å². The van der Waals surface area contributed by atoms with Gasteiger partial charge in [0.1, 0.15) is 0 Å². The fraction of sp³-hybridized carbons (Fsp3) is 0.286. The summed E-state index contributed by atoms with van der Waals surface area (Å²) < 4.78 is 41.4. The maximum atomic E-state index is 13.2. The lowest BCUT2D eigenvalue weighted by Crippen LogP contribution is -2.27. The van der Waals surface area contributed by atoms with E-state index in [0.717, 1.165) is 36.4 Å². The number of thioether (sulfide) groups is 1. The van der Waals surface area contributed by atoms with Crippen molar-refractivity contribution in [1.82, 2.24) is 20.1 Å². The van der Waals surface area contributed by atoms with E-state index < -0.39 is 23.2 Å². The molecule has 1 N–H and O–H groups in total. The number of hydrogen-bond donors (Lipinski definition) is 1. The number of carbonyl (C=O) groups excluding carboxylic acids is 1. The van der Waals surface area contributed by atoms with E-state index >= 15 is 0 Å². The number of unbranched alkanes of at least 4 members (excludes halogenated alkanes) is 1. The fourth-order valence-corrected chi connectivity index (χ4v) is 3.89. The number of nitrogens with one attached hydrogen (secondary N) is 1. The van der Waals surface area contributed by atoms with E-state index in [1.165, 1.54) is 12.1 Å². The summed E-state index contributed by atoms with van der Waals surface area (Å²) in [5, 5.41) is 11.6. The minimum atomic E-state index is -4.61. The highest BCUT2D eigenvalue weighted by Crippen LogP contribution is 2.31. The van der Waals surface area contributed by atoms with Gasteiger partial charge in [-0.3, -0.25) is 9.36 Å². The number of alkyl halides is 3. The normalized spacial score (nSPS) is 11.5. The van der Waals surface area contributed by atoms with Gasteiger partial charge < -0.3 is 5.32 Å². The van der Waals surface area contributed by atoms with Crippen LogP contribution in [-0.2, 0) is 12.7 Å². The zero-order valence-electron chi connectivity index (χ0n) is 16.3. The summed E-state index contributed by atoms with van der Waals surface area (Å²) in [6.07, 6.45) is -2.54. The molecule has 158 valence electrons. The van der Waals surface area contributed by atoms with Gasteiger partial charge in [0.05, 0.1) is 17.7 Å². The quantitative estimate of drug-likeness (QED) is 0.395. The number of aromatic nitrogens is 3. The van der Waals surface area contributed by atoms with Crippen molar-refractivity contribution >= 4 is 17.7 Å². The molecule has 30 heavy (non-hydrogen) atoms. The predicted octanol–water partition coefficient (Wildman–Crippen LogP) is 5.11. The van der Waals surface area contributed by atoms with Crippen molar-refractivity contribution < 1.29 is 18.0 Å². The van der Waals surface area contributed by atoms with Gasteiger partial charge in [-0.15, -0.1) is 10.2 Å². The second kappa shape index (κ2) is 9.80. The van der Waals surface area contributed by atoms with Crippen LogP contribution >= 0.6 is 11.8 Å². The van der Waals surface area contributed by atoms with Gasteiger partial charge in [0, 0.05) is 11.4 Å². The van der Waals surface area contributed by atoms with Gasteiger partial charge in [-0.2, -0.15) is 13.2 Å². The molecule has 2 aromatic carbocycles. The number of nitrogens with zero attached hydrogens (tertiary/aromatic N) is 3. The van der Waals surface area contributed by atoms with Crippen LogP contribution in [0, 0.1) is 0 Å². The number of amides is 1. The average molecular weight is 434 g/mol. The molecule has 1 amide bonds. The van der Waals surface area contributed by atoms with Crippen molar-refractivity contribution in [3.8, 4) is 5.69 Å². The third-order valence-corrected chi connectivity index (χ3v) is 5.34. The Balaban J connectivity index is 1.83. The summed E-state index contributed by atoms with van der Waals surface area (Å²) in [5.74, 6) is 0.496. The molecule has 1 heterocycles. The molecule has 0 aliphatic rings. The van der Waals surface area contributed by atoms with Crippen LogP contribution in [0.5, 0.6) is 0 Å². The molecule has 0 aliphatic carbocycles. The van der Waals surface area contributed by atoms with E-state index in [2.05, 4.69) is 22.4 Å². The lowest BCUT2D eigenvalue weighted by molar-refractivity contribution is -0.137. The molecular weight excluding hydrogens is 413 g/mol. The van der Waals surface area contributed by atoms with Crippen LogP contribution < -0.4 is 5.32 Å². The summed E-state index contributed by atoms with van der Waals surface area (Å²) in [6.45, 7) is 2.05. The Bertz CT molecular complexity index is 989. The van der Waals surface area contributed by atoms with Gasteiger partial charge >= 0.3 is 6.18 Å². The first-order valence-corrected chi connectivity index (χ1v) is 10.5. The van der Waals surface area contributed by atoms with Crippen LogP contribution in [0.4, 0.5) is 13.2 Å². The lowest BCUT2D eigenvalue weighted by atomic mass is 10.1. The minimum Gasteiger partial charge on any atom is -0.345 e. The SMILES string of the molecule is CCCCSc1nnc(CNC(=O)c2ccccc2C(F)(F)F)n1-c1ccccc1. The Morgan fingerprint density at radius 1 is 1.07 bits per heavy atom. The first-order chi connectivity index (χ1) is 14.4. The largest absolute Gasteiger partial charge is 0.417 e. The monoisotopic (exact) mass is 434 g/mol. The smallest absolute Gasteiger partial charge is 0.345 e. The third kappa shape index (κ3) is 5.21. The Labute approximate surface area is 176 Å². The third-order valence-electron chi connectivity index (χ3n) is 4.33. The Morgan fingerprint density at radius 3 is 2.47 bits per heavy atom. The van der Waals surface area contributed by atoms with Crippen LogP contribution in [0.1, 0.15) is 41.5 Å². The summed E-state index contributed by atoms with van der Waals surface area (Å²) in [7, 11) is 0. The summed E-state index contributed by atoms with van der Waals surface area (Å²) >= 11 is 1.55. The van der Waals surface area contributed by atoms with Gasteiger partial charge in [0.15, 0.2) is 11.0 Å². The first kappa shape index (κ1) is 21.9. The topological polar surface area (TPSA) is 59.8 Å². The number of para-hydroxylation sites is 1. The maximum absolute atomic E-state index is 13.2. The van der Waals surface area contributed by atoms with Gasteiger partial charge in [-0.05, 0) is 30.7 Å². The van der Waals surface area contributed by atoms with Crippen molar-refractivity contribution in [2.24, 2.45) is 0 Å². The molecule has 0 spiro atoms. The van der Waals surface area contributed by atoms with Gasteiger partial charge in [-0.25, -0.2) is 0 Å². The molecular formula is C21H21F3N4OS. The molecule has 5 nitrogen and oxygen atoms in total. The predicted molar refractivity (Wildman–Crippen MR) is 110 cm³/mol. The second-order valence-electron chi connectivity index (χ2n) is 6.50. The fourth-order valence-electron chi connectivity index (χ4n) is 2.84. The van der Waals surface area contributed by atoms with E-state index in [9.17, 15) is 18.0 Å². The Hall–Kier alpha value is -2.81. The minimum absolute atomic E-state index is 0.0543. The average Bonchev–Trinajstić information content (AvgIpc) is 3.15. The van der Waals surface area contributed by atoms with Crippen LogP contribution in [-0.4, -0.2) is 26.4 Å². The van der Waals surface area contributed by atoms with Crippen molar-refractivity contribution in [3.63, 3.8) is 0 Å². The Morgan fingerprint density at radius 2 is 1.77 bits per heavy atom. The maximum Gasteiger partial charge on any atom is 0.417 e. The molecule has 0 saturated carbocycles. The molecule has 1 aromatic heterocycles. The van der Waals surface area contributed by atoms with Crippen molar-refractivity contribution in [3.05, 3.63) is 71.5 Å². The molecule has 3 rings (SSSR count). The highest BCUT2D eigenvalue weighted by Gasteiger charge is 2.34.